The fraction of sp³-hybridized carbons (Fsp3) is 0.867. The molecule has 324 valence electrons. The van der Waals surface area contributed by atoms with Crippen LogP contribution in [-0.4, -0.2) is 49.3 Å². The number of hydrogen-bond donors (Lipinski definition) is 2. The molecule has 3 N–H and O–H groups in total. The van der Waals surface area contributed by atoms with E-state index in [2.05, 4.69) is 38.2 Å². The number of esters is 2. The predicted octanol–water partition coefficient (Wildman–Crippen LogP) is 13.2. The van der Waals surface area contributed by atoms with Crippen molar-refractivity contribution in [2.45, 2.75) is 225 Å². The lowest BCUT2D eigenvalue weighted by Gasteiger charge is -2.19. The highest BCUT2D eigenvalue weighted by molar-refractivity contribution is 7.47. The van der Waals surface area contributed by atoms with Gasteiger partial charge in [0.15, 0.2) is 6.10 Å². The Bertz CT molecular complexity index is 959. The van der Waals surface area contributed by atoms with Gasteiger partial charge >= 0.3 is 19.8 Å². The van der Waals surface area contributed by atoms with Crippen molar-refractivity contribution in [2.75, 3.05) is 26.4 Å². The first-order valence-corrected chi connectivity index (χ1v) is 24.3. The van der Waals surface area contributed by atoms with E-state index < -0.39 is 26.5 Å². The minimum Gasteiger partial charge on any atom is -0.462 e. The largest absolute Gasteiger partial charge is 0.472 e. The monoisotopic (exact) mass is 800 g/mol. The fourth-order valence-electron chi connectivity index (χ4n) is 6.39. The molecule has 0 radical (unpaired) electrons. The molecule has 0 aromatic heterocycles. The van der Waals surface area contributed by atoms with Crippen LogP contribution < -0.4 is 5.73 Å². The van der Waals surface area contributed by atoms with E-state index in [1.807, 2.05) is 0 Å². The van der Waals surface area contributed by atoms with Crippen molar-refractivity contribution in [1.82, 2.24) is 0 Å². The normalized spacial score (nSPS) is 13.5. The summed E-state index contributed by atoms with van der Waals surface area (Å²) in [5.74, 6) is -0.833. The molecule has 0 aromatic carbocycles. The van der Waals surface area contributed by atoms with Crippen LogP contribution in [0.4, 0.5) is 0 Å². The summed E-state index contributed by atoms with van der Waals surface area (Å²) in [7, 11) is -4.38. The second kappa shape index (κ2) is 42.1. The van der Waals surface area contributed by atoms with E-state index in [9.17, 15) is 19.0 Å². The molecule has 55 heavy (non-hydrogen) atoms. The van der Waals surface area contributed by atoms with Crippen LogP contribution in [0, 0.1) is 0 Å². The first kappa shape index (κ1) is 53.5. The summed E-state index contributed by atoms with van der Waals surface area (Å²) >= 11 is 0. The Labute approximate surface area is 338 Å². The van der Waals surface area contributed by atoms with Crippen molar-refractivity contribution in [2.24, 2.45) is 5.73 Å². The number of carbonyl (C=O) groups is 2. The zero-order valence-corrected chi connectivity index (χ0v) is 36.6. The first-order valence-electron chi connectivity index (χ1n) is 22.8. The first-order chi connectivity index (χ1) is 26.8. The number of ether oxygens (including phenoxy) is 2. The average molecular weight is 800 g/mol. The van der Waals surface area contributed by atoms with Gasteiger partial charge in [0, 0.05) is 19.4 Å². The van der Waals surface area contributed by atoms with Gasteiger partial charge in [-0.1, -0.05) is 167 Å². The molecule has 0 saturated heterocycles. The fourth-order valence-corrected chi connectivity index (χ4v) is 7.15. The number of hydrogen-bond acceptors (Lipinski definition) is 8. The maximum Gasteiger partial charge on any atom is 0.472 e. The van der Waals surface area contributed by atoms with Crippen LogP contribution in [0.15, 0.2) is 24.3 Å². The Balaban J connectivity index is 4.08. The number of unbranched alkanes of at least 4 members (excludes halogenated alkanes) is 26. The molecule has 0 saturated carbocycles. The van der Waals surface area contributed by atoms with Crippen molar-refractivity contribution in [1.29, 1.82) is 0 Å². The summed E-state index contributed by atoms with van der Waals surface area (Å²) in [5, 5.41) is 0. The summed E-state index contributed by atoms with van der Waals surface area (Å²) in [6.45, 7) is 3.72. The van der Waals surface area contributed by atoms with Gasteiger partial charge in [-0.15, -0.1) is 0 Å². The molecule has 0 aliphatic heterocycles. The van der Waals surface area contributed by atoms with Gasteiger partial charge in [0.1, 0.15) is 6.61 Å². The molecule has 0 heterocycles. The number of phosphoric ester groups is 1. The summed E-state index contributed by atoms with van der Waals surface area (Å²) in [5.41, 5.74) is 5.35. The van der Waals surface area contributed by atoms with Crippen molar-refractivity contribution in [3.8, 4) is 0 Å². The third-order valence-corrected chi connectivity index (χ3v) is 10.8. The van der Waals surface area contributed by atoms with Crippen molar-refractivity contribution >= 4 is 19.8 Å². The van der Waals surface area contributed by atoms with E-state index in [-0.39, 0.29) is 38.6 Å². The molecule has 0 fully saturated rings. The van der Waals surface area contributed by atoms with Gasteiger partial charge in [-0.2, -0.15) is 0 Å². The molecule has 0 aromatic rings. The molecule has 0 bridgehead atoms. The van der Waals surface area contributed by atoms with E-state index in [0.29, 0.717) is 6.42 Å². The van der Waals surface area contributed by atoms with Gasteiger partial charge in [-0.3, -0.25) is 18.6 Å². The number of carbonyl (C=O) groups excluding carboxylic acids is 2. The Kier molecular flexibility index (Phi) is 40.9. The molecule has 2 atom stereocenters. The SMILES string of the molecule is CCCCCCC=CCCCCCCCC(=O)OCC(COP(=O)(O)OCCN)OC(=O)CCCCCCCCCCCCCC=CCCCCCCCC. The van der Waals surface area contributed by atoms with Gasteiger partial charge in [-0.25, -0.2) is 4.57 Å². The molecular formula is C45H86NO8P. The number of phosphoric acid groups is 1. The Morgan fingerprint density at radius 3 is 1.31 bits per heavy atom. The lowest BCUT2D eigenvalue weighted by atomic mass is 10.0. The molecular weight excluding hydrogens is 713 g/mol. The maximum absolute atomic E-state index is 12.6. The highest BCUT2D eigenvalue weighted by Crippen LogP contribution is 2.43. The number of nitrogens with two attached hydrogens (primary N) is 1. The topological polar surface area (TPSA) is 134 Å². The zero-order valence-electron chi connectivity index (χ0n) is 35.7. The summed E-state index contributed by atoms with van der Waals surface area (Å²) in [4.78, 5) is 34.9. The Morgan fingerprint density at radius 1 is 0.527 bits per heavy atom. The zero-order chi connectivity index (χ0) is 40.3. The number of rotatable bonds is 43. The highest BCUT2D eigenvalue weighted by atomic mass is 31.2. The van der Waals surface area contributed by atoms with Gasteiger partial charge < -0.3 is 20.1 Å². The predicted molar refractivity (Wildman–Crippen MR) is 229 cm³/mol. The molecule has 0 amide bonds. The van der Waals surface area contributed by atoms with Crippen molar-refractivity contribution in [3.05, 3.63) is 24.3 Å². The van der Waals surface area contributed by atoms with Crippen LogP contribution in [0.5, 0.6) is 0 Å². The van der Waals surface area contributed by atoms with E-state index in [0.717, 1.165) is 57.8 Å². The van der Waals surface area contributed by atoms with Gasteiger partial charge in [-0.05, 0) is 64.2 Å². The Morgan fingerprint density at radius 2 is 0.891 bits per heavy atom. The van der Waals surface area contributed by atoms with E-state index in [1.165, 1.54) is 128 Å². The van der Waals surface area contributed by atoms with Gasteiger partial charge in [0.25, 0.3) is 0 Å². The lowest BCUT2D eigenvalue weighted by molar-refractivity contribution is -0.161. The molecule has 9 nitrogen and oxygen atoms in total. The minimum atomic E-state index is -4.38. The Hall–Kier alpha value is -1.51. The van der Waals surface area contributed by atoms with Crippen LogP contribution in [0.2, 0.25) is 0 Å². The third-order valence-electron chi connectivity index (χ3n) is 9.81. The van der Waals surface area contributed by atoms with Crippen LogP contribution in [0.3, 0.4) is 0 Å². The van der Waals surface area contributed by atoms with Crippen LogP contribution in [-0.2, 0) is 32.7 Å². The number of allylic oxidation sites excluding steroid dienone is 4. The van der Waals surface area contributed by atoms with E-state index >= 15 is 0 Å². The second-order valence-electron chi connectivity index (χ2n) is 15.3. The van der Waals surface area contributed by atoms with Crippen molar-refractivity contribution in [3.63, 3.8) is 0 Å². The summed E-state index contributed by atoms with van der Waals surface area (Å²) in [6, 6.07) is 0. The quantitative estimate of drug-likeness (QED) is 0.0267. The van der Waals surface area contributed by atoms with Gasteiger partial charge in [0.2, 0.25) is 0 Å². The van der Waals surface area contributed by atoms with Crippen molar-refractivity contribution < 1.29 is 37.6 Å². The third kappa shape index (κ3) is 41.9. The minimum absolute atomic E-state index is 0.0534. The van der Waals surface area contributed by atoms with E-state index in [1.54, 1.807) is 0 Å². The molecule has 0 aliphatic rings. The van der Waals surface area contributed by atoms with Gasteiger partial charge in [0.05, 0.1) is 13.2 Å². The lowest BCUT2D eigenvalue weighted by Crippen LogP contribution is -2.29. The average Bonchev–Trinajstić information content (AvgIpc) is 3.17. The summed E-state index contributed by atoms with van der Waals surface area (Å²) < 4.78 is 32.8. The molecule has 10 heteroatoms. The van der Waals surface area contributed by atoms with Crippen LogP contribution >= 0.6 is 7.82 Å². The summed E-state index contributed by atoms with van der Waals surface area (Å²) in [6.07, 6.45) is 44.9. The second-order valence-corrected chi connectivity index (χ2v) is 16.7. The van der Waals surface area contributed by atoms with E-state index in [4.69, 9.17) is 24.3 Å². The highest BCUT2D eigenvalue weighted by Gasteiger charge is 2.26. The van der Waals surface area contributed by atoms with Crippen LogP contribution in [0.1, 0.15) is 219 Å². The molecule has 0 rings (SSSR count). The maximum atomic E-state index is 12.6. The molecule has 2 unspecified atom stereocenters. The van der Waals surface area contributed by atoms with Crippen LogP contribution in [0.25, 0.3) is 0 Å². The molecule has 0 aliphatic carbocycles. The standard InChI is InChI=1S/C45H86NO8P/c1-3-5-7-9-11-13-15-17-18-19-20-21-22-23-24-26-28-30-32-34-36-38-45(48)54-43(42-53-55(49,50)52-40-39-46)41-51-44(47)37-35-33-31-29-27-25-16-14-12-10-8-6-4-2/h14,16-18,43H,3-13,15,19-42,46H2,1-2H3,(H,49,50). The molecule has 0 spiro atoms. The smallest absolute Gasteiger partial charge is 0.462 e.